The van der Waals surface area contributed by atoms with Crippen LogP contribution in [0.2, 0.25) is 0 Å². The second-order valence-corrected chi connectivity index (χ2v) is 6.97. The van der Waals surface area contributed by atoms with Crippen molar-refractivity contribution in [2.24, 2.45) is 5.92 Å². The van der Waals surface area contributed by atoms with Gasteiger partial charge in [0.05, 0.1) is 5.56 Å². The van der Waals surface area contributed by atoms with Crippen LogP contribution < -0.4 is 10.2 Å². The number of nitrogens with one attached hydrogen (secondary N) is 1. The highest BCUT2D eigenvalue weighted by Crippen LogP contribution is 2.47. The van der Waals surface area contributed by atoms with E-state index in [1.165, 1.54) is 12.1 Å². The van der Waals surface area contributed by atoms with Gasteiger partial charge in [-0.3, -0.25) is 4.79 Å². The molecule has 0 aromatic heterocycles. The van der Waals surface area contributed by atoms with Crippen molar-refractivity contribution < 1.29 is 18.0 Å². The third-order valence-corrected chi connectivity index (χ3v) is 4.96. The van der Waals surface area contributed by atoms with Crippen molar-refractivity contribution in [3.8, 4) is 0 Å². The second kappa shape index (κ2) is 8.03. The van der Waals surface area contributed by atoms with Gasteiger partial charge in [0, 0.05) is 31.7 Å². The van der Waals surface area contributed by atoms with E-state index < -0.39 is 11.7 Å². The van der Waals surface area contributed by atoms with Gasteiger partial charge < -0.3 is 10.2 Å². The molecule has 6 heteroatoms. The Balaban J connectivity index is 1.40. The molecular formula is C21H23F3N2O. The first-order chi connectivity index (χ1) is 12.9. The van der Waals surface area contributed by atoms with Crippen molar-refractivity contribution in [3.63, 3.8) is 0 Å². The Kier molecular flexibility index (Phi) is 5.73. The number of para-hydroxylation sites is 1. The molecule has 2 aromatic rings. The van der Waals surface area contributed by atoms with Crippen molar-refractivity contribution in [2.75, 3.05) is 25.0 Å². The number of carbonyl (C=O) groups excluding carboxylic acids is 1. The van der Waals surface area contributed by atoms with E-state index in [1.807, 2.05) is 37.4 Å². The highest BCUT2D eigenvalue weighted by molar-refractivity contribution is 5.82. The van der Waals surface area contributed by atoms with E-state index in [-0.39, 0.29) is 17.7 Å². The number of hydrogen-bond acceptors (Lipinski definition) is 2. The van der Waals surface area contributed by atoms with Crippen LogP contribution in [-0.4, -0.2) is 26.0 Å². The molecule has 0 heterocycles. The minimum Gasteiger partial charge on any atom is -0.375 e. The quantitative estimate of drug-likeness (QED) is 0.724. The molecule has 0 saturated heterocycles. The van der Waals surface area contributed by atoms with E-state index in [4.69, 9.17) is 0 Å². The van der Waals surface area contributed by atoms with Gasteiger partial charge in [0.15, 0.2) is 0 Å². The van der Waals surface area contributed by atoms with E-state index in [1.54, 1.807) is 0 Å². The van der Waals surface area contributed by atoms with E-state index in [2.05, 4.69) is 10.2 Å². The summed E-state index contributed by atoms with van der Waals surface area (Å²) < 4.78 is 37.8. The van der Waals surface area contributed by atoms with Crippen molar-refractivity contribution in [3.05, 3.63) is 65.7 Å². The first kappa shape index (κ1) is 19.3. The van der Waals surface area contributed by atoms with Crippen molar-refractivity contribution >= 4 is 11.6 Å². The summed E-state index contributed by atoms with van der Waals surface area (Å²) in [5.41, 5.74) is 1.27. The standard InChI is InChI=1S/C21H23F3N2O/c1-26(17-6-3-2-4-7-17)13-5-12-25-20(27)19-14-18(19)15-8-10-16(11-9-15)21(22,23)24/h2-4,6-11,18-19H,5,12-14H2,1H3,(H,25,27). The SMILES string of the molecule is CN(CCCNC(=O)C1CC1c1ccc(C(F)(F)F)cc1)c1ccccc1. The Morgan fingerprint density at radius 2 is 1.78 bits per heavy atom. The highest BCUT2D eigenvalue weighted by atomic mass is 19.4. The number of hydrogen-bond donors (Lipinski definition) is 1. The molecule has 2 atom stereocenters. The molecule has 3 rings (SSSR count). The normalized spacial score (nSPS) is 18.8. The van der Waals surface area contributed by atoms with Crippen molar-refractivity contribution in [1.82, 2.24) is 5.32 Å². The molecule has 1 N–H and O–H groups in total. The van der Waals surface area contributed by atoms with Gasteiger partial charge in [0.25, 0.3) is 0 Å². The minimum atomic E-state index is -4.33. The molecule has 1 amide bonds. The maximum absolute atomic E-state index is 12.6. The summed E-state index contributed by atoms with van der Waals surface area (Å²) in [5.74, 6) is -0.116. The number of amides is 1. The Bertz CT molecular complexity index is 759. The topological polar surface area (TPSA) is 32.3 Å². The molecule has 144 valence electrons. The molecule has 1 saturated carbocycles. The average Bonchev–Trinajstić information content (AvgIpc) is 3.46. The first-order valence-electron chi connectivity index (χ1n) is 9.07. The number of anilines is 1. The molecule has 3 nitrogen and oxygen atoms in total. The van der Waals surface area contributed by atoms with E-state index in [0.29, 0.717) is 13.0 Å². The summed E-state index contributed by atoms with van der Waals surface area (Å²) in [7, 11) is 2.01. The Morgan fingerprint density at radius 3 is 2.41 bits per heavy atom. The fourth-order valence-corrected chi connectivity index (χ4v) is 3.24. The van der Waals surface area contributed by atoms with Gasteiger partial charge >= 0.3 is 6.18 Å². The number of alkyl halides is 3. The zero-order valence-corrected chi connectivity index (χ0v) is 15.2. The monoisotopic (exact) mass is 376 g/mol. The van der Waals surface area contributed by atoms with Gasteiger partial charge in [-0.1, -0.05) is 30.3 Å². The van der Waals surface area contributed by atoms with E-state index in [0.717, 1.165) is 36.3 Å². The molecule has 2 unspecified atom stereocenters. The number of nitrogens with zero attached hydrogens (tertiary/aromatic N) is 1. The lowest BCUT2D eigenvalue weighted by atomic mass is 10.1. The largest absolute Gasteiger partial charge is 0.416 e. The minimum absolute atomic E-state index is 0.0118. The van der Waals surface area contributed by atoms with E-state index in [9.17, 15) is 18.0 Å². The van der Waals surface area contributed by atoms with Crippen LogP contribution in [0.25, 0.3) is 0 Å². The van der Waals surface area contributed by atoms with Gasteiger partial charge in [0.1, 0.15) is 0 Å². The lowest BCUT2D eigenvalue weighted by Gasteiger charge is -2.19. The molecule has 0 aliphatic heterocycles. The third-order valence-electron chi connectivity index (χ3n) is 4.96. The fraction of sp³-hybridized carbons (Fsp3) is 0.381. The molecule has 0 bridgehead atoms. The Labute approximate surface area is 157 Å². The van der Waals surface area contributed by atoms with Gasteiger partial charge in [0.2, 0.25) is 5.91 Å². The Hall–Kier alpha value is -2.50. The molecule has 0 spiro atoms. The lowest BCUT2D eigenvalue weighted by molar-refractivity contribution is -0.137. The maximum atomic E-state index is 12.6. The summed E-state index contributed by atoms with van der Waals surface area (Å²) >= 11 is 0. The van der Waals surface area contributed by atoms with Crippen LogP contribution >= 0.6 is 0 Å². The van der Waals surface area contributed by atoms with Gasteiger partial charge in [-0.05, 0) is 48.6 Å². The van der Waals surface area contributed by atoms with Crippen LogP contribution in [-0.2, 0) is 11.0 Å². The van der Waals surface area contributed by atoms with Crippen LogP contribution in [0.3, 0.4) is 0 Å². The molecular weight excluding hydrogens is 353 g/mol. The maximum Gasteiger partial charge on any atom is 0.416 e. The van der Waals surface area contributed by atoms with Gasteiger partial charge in [-0.25, -0.2) is 0 Å². The number of halogens is 3. The van der Waals surface area contributed by atoms with Crippen LogP contribution in [0.1, 0.15) is 29.9 Å². The third kappa shape index (κ3) is 5.02. The summed E-state index contributed by atoms with van der Waals surface area (Å²) in [6.45, 7) is 1.42. The van der Waals surface area contributed by atoms with Crippen LogP contribution in [0.5, 0.6) is 0 Å². The molecule has 2 aromatic carbocycles. The van der Waals surface area contributed by atoms with Gasteiger partial charge in [-0.2, -0.15) is 13.2 Å². The smallest absolute Gasteiger partial charge is 0.375 e. The highest BCUT2D eigenvalue weighted by Gasteiger charge is 2.44. The summed E-state index contributed by atoms with van der Waals surface area (Å²) in [4.78, 5) is 14.4. The zero-order chi connectivity index (χ0) is 19.4. The van der Waals surface area contributed by atoms with Crippen LogP contribution in [0, 0.1) is 5.92 Å². The van der Waals surface area contributed by atoms with E-state index >= 15 is 0 Å². The number of rotatable bonds is 7. The first-order valence-corrected chi connectivity index (χ1v) is 9.07. The summed E-state index contributed by atoms with van der Waals surface area (Å²) in [6.07, 6.45) is -2.80. The van der Waals surface area contributed by atoms with Crippen LogP contribution in [0.4, 0.5) is 18.9 Å². The molecule has 1 aliphatic rings. The zero-order valence-electron chi connectivity index (χ0n) is 15.2. The Morgan fingerprint density at radius 1 is 1.11 bits per heavy atom. The molecule has 1 fully saturated rings. The lowest BCUT2D eigenvalue weighted by Crippen LogP contribution is -2.29. The molecule has 27 heavy (non-hydrogen) atoms. The molecule has 0 radical (unpaired) electrons. The van der Waals surface area contributed by atoms with Gasteiger partial charge in [-0.15, -0.1) is 0 Å². The molecule has 1 aliphatic carbocycles. The number of benzene rings is 2. The fourth-order valence-electron chi connectivity index (χ4n) is 3.24. The predicted octanol–water partition coefficient (Wildman–Crippen LogP) is 4.45. The average molecular weight is 376 g/mol. The predicted molar refractivity (Wildman–Crippen MR) is 99.6 cm³/mol. The van der Waals surface area contributed by atoms with Crippen molar-refractivity contribution in [2.45, 2.75) is 24.9 Å². The summed E-state index contributed by atoms with van der Waals surface area (Å²) in [5, 5.41) is 2.94. The number of carbonyl (C=O) groups is 1. The van der Waals surface area contributed by atoms with Crippen LogP contribution in [0.15, 0.2) is 54.6 Å². The second-order valence-electron chi connectivity index (χ2n) is 6.97. The summed E-state index contributed by atoms with van der Waals surface area (Å²) in [6, 6.07) is 15.2. The van der Waals surface area contributed by atoms with Crippen molar-refractivity contribution in [1.29, 1.82) is 0 Å².